The summed E-state index contributed by atoms with van der Waals surface area (Å²) in [6.45, 7) is 10.1. The Bertz CT molecular complexity index is 2510. The number of hydrogen-bond donors (Lipinski definition) is 2. The van der Waals surface area contributed by atoms with E-state index in [-0.39, 0.29) is 64.8 Å². The number of fused-ring (bicyclic) bond motifs is 1. The molecule has 0 atom stereocenters. The van der Waals surface area contributed by atoms with E-state index in [1.54, 1.807) is 19.1 Å². The Morgan fingerprint density at radius 2 is 1.68 bits per heavy atom. The summed E-state index contributed by atoms with van der Waals surface area (Å²) in [4.78, 5) is 22.4. The molecule has 0 radical (unpaired) electrons. The second-order valence-electron chi connectivity index (χ2n) is 18.2. The van der Waals surface area contributed by atoms with E-state index < -0.39 is 27.2 Å². The topological polar surface area (TPSA) is 121 Å². The molecule has 1 aliphatic heterocycles. The number of aliphatic hydroxyl groups is 1. The first-order valence-corrected chi connectivity index (χ1v) is 23.5. The van der Waals surface area contributed by atoms with Crippen molar-refractivity contribution in [2.24, 2.45) is 5.41 Å². The van der Waals surface area contributed by atoms with Gasteiger partial charge in [-0.2, -0.15) is 0 Å². The molecule has 0 spiro atoms. The van der Waals surface area contributed by atoms with Crippen LogP contribution in [0.1, 0.15) is 92.8 Å². The Labute approximate surface area is 373 Å². The van der Waals surface area contributed by atoms with Crippen molar-refractivity contribution in [2.75, 3.05) is 44.2 Å². The molecule has 62 heavy (non-hydrogen) atoms. The standard InChI is InChI=1S/C48H53Cl2FN4O6S/c1-46(2)17-16-34(40(28-46)33-10-12-35(49)13-11-33)30-54-22-24-55(25-23-54)36-14-15-39(43(26-36)61-42-9-5-7-32-6-4-8-38(32)42)44(56)53-62(58,59)37-27-41(50)45(52-29-37)60-31-48(51)20-18-47(3,57)19-21-48/h4-5,7-15,26-27,29,57H,6,16-25,28,30-31H2,1-3H3,(H,53,56). The highest BCUT2D eigenvalue weighted by Gasteiger charge is 2.41. The highest BCUT2D eigenvalue weighted by Crippen LogP contribution is 2.44. The molecule has 3 aliphatic carbocycles. The van der Waals surface area contributed by atoms with Crippen LogP contribution in [0.5, 0.6) is 17.4 Å². The minimum absolute atomic E-state index is 0.0242. The number of amides is 1. The lowest BCUT2D eigenvalue weighted by Crippen LogP contribution is -2.47. The molecule has 328 valence electrons. The predicted octanol–water partition coefficient (Wildman–Crippen LogP) is 10.1. The first-order chi connectivity index (χ1) is 29.4. The molecule has 10 nitrogen and oxygen atoms in total. The Morgan fingerprint density at radius 3 is 2.40 bits per heavy atom. The number of aromatic nitrogens is 1. The van der Waals surface area contributed by atoms with Crippen LogP contribution in [-0.4, -0.2) is 79.9 Å². The highest BCUT2D eigenvalue weighted by molar-refractivity contribution is 7.90. The fourth-order valence-electron chi connectivity index (χ4n) is 8.82. The van der Waals surface area contributed by atoms with E-state index in [1.165, 1.54) is 16.7 Å². The summed E-state index contributed by atoms with van der Waals surface area (Å²) in [5, 5.41) is 10.8. The lowest BCUT2D eigenvalue weighted by molar-refractivity contribution is -0.0483. The summed E-state index contributed by atoms with van der Waals surface area (Å²) < 4.78 is 56.9. The molecule has 1 amide bonds. The summed E-state index contributed by atoms with van der Waals surface area (Å²) in [5.74, 6) is -0.279. The third-order valence-electron chi connectivity index (χ3n) is 12.7. The number of sulfonamides is 1. The normalized spacial score (nSPS) is 22.7. The lowest BCUT2D eigenvalue weighted by atomic mass is 9.72. The van der Waals surface area contributed by atoms with Gasteiger partial charge < -0.3 is 19.5 Å². The van der Waals surface area contributed by atoms with Gasteiger partial charge in [-0.15, -0.1) is 0 Å². The average molecular weight is 904 g/mol. The fourth-order valence-corrected chi connectivity index (χ4v) is 10.2. The molecular formula is C48H53Cl2FN4O6S. The molecule has 4 aromatic rings. The smallest absolute Gasteiger partial charge is 0.268 e. The highest BCUT2D eigenvalue weighted by atomic mass is 35.5. The third-order valence-corrected chi connectivity index (χ3v) is 14.6. The van der Waals surface area contributed by atoms with Gasteiger partial charge in [0.25, 0.3) is 15.9 Å². The average Bonchev–Trinajstić information content (AvgIpc) is 3.73. The van der Waals surface area contributed by atoms with Crippen LogP contribution < -0.4 is 19.1 Å². The number of hydrogen-bond acceptors (Lipinski definition) is 9. The van der Waals surface area contributed by atoms with Gasteiger partial charge in [0.15, 0.2) is 0 Å². The maximum Gasteiger partial charge on any atom is 0.268 e. The summed E-state index contributed by atoms with van der Waals surface area (Å²) in [5.41, 5.74) is 4.63. The van der Waals surface area contributed by atoms with Gasteiger partial charge in [0.05, 0.1) is 17.4 Å². The second kappa shape index (κ2) is 17.6. The zero-order chi connectivity index (χ0) is 43.9. The van der Waals surface area contributed by atoms with Crippen molar-refractivity contribution in [3.05, 3.63) is 117 Å². The minimum atomic E-state index is -4.48. The van der Waals surface area contributed by atoms with Crippen LogP contribution in [0.15, 0.2) is 89.5 Å². The number of carbonyl (C=O) groups excluding carboxylic acids is 1. The number of halogens is 3. The van der Waals surface area contributed by atoms with Crippen molar-refractivity contribution in [1.29, 1.82) is 0 Å². The van der Waals surface area contributed by atoms with Crippen molar-refractivity contribution in [3.8, 4) is 17.4 Å². The van der Waals surface area contributed by atoms with Crippen molar-refractivity contribution in [1.82, 2.24) is 14.6 Å². The monoisotopic (exact) mass is 902 g/mol. The molecule has 0 unspecified atom stereocenters. The molecule has 1 saturated carbocycles. The van der Waals surface area contributed by atoms with Crippen LogP contribution in [0.25, 0.3) is 11.6 Å². The van der Waals surface area contributed by atoms with Crippen molar-refractivity contribution in [3.63, 3.8) is 0 Å². The summed E-state index contributed by atoms with van der Waals surface area (Å²) in [7, 11) is -4.48. The number of alkyl halides is 1. The van der Waals surface area contributed by atoms with Crippen LogP contribution >= 0.6 is 23.2 Å². The number of pyridine rings is 1. The molecule has 14 heteroatoms. The van der Waals surface area contributed by atoms with Gasteiger partial charge in [-0.25, -0.2) is 22.5 Å². The molecule has 3 aromatic carbocycles. The Balaban J connectivity index is 0.981. The number of benzene rings is 3. The number of allylic oxidation sites excluding steroid dienone is 2. The molecule has 0 bridgehead atoms. The zero-order valence-corrected chi connectivity index (χ0v) is 37.7. The first-order valence-electron chi connectivity index (χ1n) is 21.3. The van der Waals surface area contributed by atoms with Gasteiger partial charge in [-0.1, -0.05) is 79.0 Å². The van der Waals surface area contributed by atoms with E-state index in [1.807, 2.05) is 48.6 Å². The van der Waals surface area contributed by atoms with E-state index in [0.717, 1.165) is 92.5 Å². The number of carbonyl (C=O) groups is 1. The number of anilines is 1. The summed E-state index contributed by atoms with van der Waals surface area (Å²) in [6.07, 6.45) is 9.80. The van der Waals surface area contributed by atoms with E-state index in [2.05, 4.69) is 45.5 Å². The number of nitrogens with zero attached hydrogens (tertiary/aromatic N) is 3. The van der Waals surface area contributed by atoms with Gasteiger partial charge in [0, 0.05) is 55.1 Å². The van der Waals surface area contributed by atoms with E-state index >= 15 is 4.39 Å². The number of ether oxygens (including phenoxy) is 2. The maximum absolute atomic E-state index is 15.4. The molecule has 2 N–H and O–H groups in total. The molecular weight excluding hydrogens is 851 g/mol. The van der Waals surface area contributed by atoms with Gasteiger partial charge in [0.1, 0.15) is 33.7 Å². The van der Waals surface area contributed by atoms with Crippen LogP contribution in [-0.2, 0) is 16.4 Å². The van der Waals surface area contributed by atoms with Gasteiger partial charge in [-0.3, -0.25) is 9.69 Å². The molecule has 2 heterocycles. The van der Waals surface area contributed by atoms with Gasteiger partial charge >= 0.3 is 0 Å². The minimum Gasteiger partial charge on any atom is -0.473 e. The fraction of sp³-hybridized carbons (Fsp3) is 0.417. The molecule has 1 saturated heterocycles. The zero-order valence-electron chi connectivity index (χ0n) is 35.4. The van der Waals surface area contributed by atoms with Crippen LogP contribution in [0.4, 0.5) is 10.1 Å². The van der Waals surface area contributed by atoms with Crippen LogP contribution in [0, 0.1) is 5.41 Å². The van der Waals surface area contributed by atoms with Crippen LogP contribution in [0.3, 0.4) is 0 Å². The lowest BCUT2D eigenvalue weighted by Gasteiger charge is -2.39. The van der Waals surface area contributed by atoms with Crippen molar-refractivity contribution < 1.29 is 32.2 Å². The van der Waals surface area contributed by atoms with Crippen molar-refractivity contribution in [2.45, 2.75) is 88.3 Å². The summed E-state index contributed by atoms with van der Waals surface area (Å²) >= 11 is 12.6. The van der Waals surface area contributed by atoms with Crippen LogP contribution in [0.2, 0.25) is 10.0 Å². The second-order valence-corrected chi connectivity index (χ2v) is 20.8. The third kappa shape index (κ3) is 10.2. The SMILES string of the molecule is CC1(C)CCC(CN2CCN(c3ccc(C(=O)NS(=O)(=O)c4cnc(OCC5(F)CCC(C)(O)CC5)c(Cl)c4)c(Oc4cccc5c4C=CC5)c3)CC2)=C(c2ccc(Cl)cc2)C1. The molecule has 4 aliphatic rings. The van der Waals surface area contributed by atoms with E-state index in [0.29, 0.717) is 5.75 Å². The molecule has 2 fully saturated rings. The largest absolute Gasteiger partial charge is 0.473 e. The molecule has 1 aromatic heterocycles. The quantitative estimate of drug-likeness (QED) is 0.143. The Kier molecular flexibility index (Phi) is 12.5. The van der Waals surface area contributed by atoms with Crippen molar-refractivity contribution >= 4 is 56.5 Å². The maximum atomic E-state index is 15.4. The predicted molar refractivity (Wildman–Crippen MR) is 243 cm³/mol. The summed E-state index contributed by atoms with van der Waals surface area (Å²) in [6, 6.07) is 20.3. The van der Waals surface area contributed by atoms with Gasteiger partial charge in [0.2, 0.25) is 5.88 Å². The van der Waals surface area contributed by atoms with E-state index in [9.17, 15) is 18.3 Å². The number of piperazine rings is 1. The molecule has 8 rings (SSSR count). The van der Waals surface area contributed by atoms with Gasteiger partial charge in [-0.05, 0) is 117 Å². The Hall–Kier alpha value is -4.46. The number of rotatable bonds is 12. The first kappa shape index (κ1) is 44.2. The number of nitrogens with one attached hydrogen (secondary N) is 1. The van der Waals surface area contributed by atoms with E-state index in [4.69, 9.17) is 32.7 Å². The Morgan fingerprint density at radius 1 is 0.935 bits per heavy atom.